The van der Waals surface area contributed by atoms with Gasteiger partial charge in [-0.05, 0) is 49.8 Å². The summed E-state index contributed by atoms with van der Waals surface area (Å²) < 4.78 is 0. The predicted molar refractivity (Wildman–Crippen MR) is 111 cm³/mol. The molecule has 2 aromatic rings. The normalized spacial score (nSPS) is 16.3. The third-order valence-corrected chi connectivity index (χ3v) is 5.60. The van der Waals surface area contributed by atoms with Crippen molar-refractivity contribution in [3.8, 4) is 0 Å². The number of carbonyl (C=O) groups is 2. The van der Waals surface area contributed by atoms with E-state index in [9.17, 15) is 19.7 Å². The number of anilines is 1. The number of benzene rings is 1. The highest BCUT2D eigenvalue weighted by Gasteiger charge is 2.32. The van der Waals surface area contributed by atoms with E-state index in [1.54, 1.807) is 24.4 Å². The number of nitrogens with one attached hydrogen (secondary N) is 1. The smallest absolute Gasteiger partial charge is 0.282 e. The number of nitrogens with zero attached hydrogens (tertiary/aromatic N) is 3. The average molecular weight is 414 g/mol. The van der Waals surface area contributed by atoms with E-state index in [1.807, 2.05) is 19.2 Å². The first-order valence-electron chi connectivity index (χ1n) is 9.24. The largest absolute Gasteiger partial charge is 0.338 e. The Labute approximate surface area is 172 Å². The number of nitro groups is 1. The monoisotopic (exact) mass is 414 g/mol. The molecule has 3 rings (SSSR count). The molecule has 1 aliphatic rings. The molecule has 9 heteroatoms. The second kappa shape index (κ2) is 9.04. The Morgan fingerprint density at radius 3 is 2.76 bits per heavy atom. The zero-order valence-corrected chi connectivity index (χ0v) is 17.1. The van der Waals surface area contributed by atoms with Gasteiger partial charge in [0.1, 0.15) is 11.4 Å². The van der Waals surface area contributed by atoms with E-state index in [4.69, 9.17) is 0 Å². The van der Waals surface area contributed by atoms with Crippen LogP contribution in [0.5, 0.6) is 0 Å². The predicted octanol–water partition coefficient (Wildman–Crippen LogP) is 3.51. The quantitative estimate of drug-likeness (QED) is 0.456. The zero-order valence-electron chi connectivity index (χ0n) is 16.3. The molecule has 1 atom stereocenters. The highest BCUT2D eigenvalue weighted by molar-refractivity contribution is 7.98. The van der Waals surface area contributed by atoms with Gasteiger partial charge in [0.2, 0.25) is 5.91 Å². The molecule has 0 aliphatic carbocycles. The number of rotatable bonds is 5. The van der Waals surface area contributed by atoms with Crippen molar-refractivity contribution in [2.75, 3.05) is 24.7 Å². The molecule has 2 amide bonds. The fraction of sp³-hybridized carbons (Fsp3) is 0.350. The van der Waals surface area contributed by atoms with Crippen molar-refractivity contribution in [3.05, 3.63) is 57.8 Å². The molecule has 29 heavy (non-hydrogen) atoms. The van der Waals surface area contributed by atoms with Crippen molar-refractivity contribution in [2.45, 2.75) is 24.7 Å². The van der Waals surface area contributed by atoms with E-state index >= 15 is 0 Å². The number of carbonyl (C=O) groups excluding carboxylic acids is 2. The first-order chi connectivity index (χ1) is 13.9. The first kappa shape index (κ1) is 20.8. The second-order valence-corrected chi connectivity index (χ2v) is 7.82. The van der Waals surface area contributed by atoms with Gasteiger partial charge in [-0.2, -0.15) is 0 Å². The Morgan fingerprint density at radius 1 is 1.31 bits per heavy atom. The van der Waals surface area contributed by atoms with E-state index in [-0.39, 0.29) is 23.7 Å². The number of hydrogen-bond acceptors (Lipinski definition) is 6. The van der Waals surface area contributed by atoms with Crippen LogP contribution in [0.3, 0.4) is 0 Å². The average Bonchev–Trinajstić information content (AvgIpc) is 2.74. The van der Waals surface area contributed by atoms with Gasteiger partial charge in [0.25, 0.3) is 11.6 Å². The molecule has 2 heterocycles. The van der Waals surface area contributed by atoms with Crippen molar-refractivity contribution in [1.29, 1.82) is 0 Å². The molecular formula is C20H22N4O4S. The minimum Gasteiger partial charge on any atom is -0.338 e. The summed E-state index contributed by atoms with van der Waals surface area (Å²) in [6, 6.07) is 8.12. The second-order valence-electron chi connectivity index (χ2n) is 6.94. The molecule has 1 aliphatic heterocycles. The van der Waals surface area contributed by atoms with Crippen LogP contribution in [0.15, 0.2) is 41.4 Å². The molecular weight excluding hydrogens is 392 g/mol. The number of likely N-dealkylation sites (tertiary alicyclic amines) is 1. The molecule has 1 saturated heterocycles. The summed E-state index contributed by atoms with van der Waals surface area (Å²) in [6.07, 6.45) is 4.82. The Hall–Kier alpha value is -2.94. The van der Waals surface area contributed by atoms with Gasteiger partial charge < -0.3 is 10.2 Å². The minimum absolute atomic E-state index is 0.0584. The van der Waals surface area contributed by atoms with Crippen molar-refractivity contribution in [1.82, 2.24) is 9.88 Å². The lowest BCUT2D eigenvalue weighted by Gasteiger charge is -2.32. The standard InChI is InChI=1S/C20H22N4O4S/c1-13-5-8-18(21-11-13)22-19(25)14-4-3-9-23(12-14)20(26)16-10-15(29-2)6-7-17(16)24(27)28/h5-8,10-11,14H,3-4,9,12H2,1-2H3,(H,21,22,25). The van der Waals surface area contributed by atoms with Crippen LogP contribution in [-0.2, 0) is 4.79 Å². The van der Waals surface area contributed by atoms with Crippen LogP contribution in [-0.4, -0.2) is 46.0 Å². The Bertz CT molecular complexity index is 933. The molecule has 1 fully saturated rings. The Balaban J connectivity index is 1.75. The summed E-state index contributed by atoms with van der Waals surface area (Å²) in [5.74, 6) is -0.546. The van der Waals surface area contributed by atoms with Crippen LogP contribution in [0.1, 0.15) is 28.8 Å². The van der Waals surface area contributed by atoms with Crippen LogP contribution in [0.25, 0.3) is 0 Å². The van der Waals surface area contributed by atoms with Crippen LogP contribution >= 0.6 is 11.8 Å². The Kier molecular flexibility index (Phi) is 6.48. The van der Waals surface area contributed by atoms with Crippen LogP contribution in [0, 0.1) is 23.0 Å². The third kappa shape index (κ3) is 4.92. The number of hydrogen-bond donors (Lipinski definition) is 1. The fourth-order valence-electron chi connectivity index (χ4n) is 3.29. The van der Waals surface area contributed by atoms with Gasteiger partial charge in [0.15, 0.2) is 0 Å². The van der Waals surface area contributed by atoms with Crippen molar-refractivity contribution >= 4 is 35.1 Å². The van der Waals surface area contributed by atoms with Gasteiger partial charge in [0, 0.05) is 30.2 Å². The van der Waals surface area contributed by atoms with Gasteiger partial charge in [0.05, 0.1) is 10.8 Å². The third-order valence-electron chi connectivity index (χ3n) is 4.87. The molecule has 8 nitrogen and oxygen atoms in total. The topological polar surface area (TPSA) is 105 Å². The number of aryl methyl sites for hydroxylation is 1. The summed E-state index contributed by atoms with van der Waals surface area (Å²) in [5.41, 5.74) is 0.831. The zero-order chi connectivity index (χ0) is 21.0. The van der Waals surface area contributed by atoms with Crippen LogP contribution < -0.4 is 5.32 Å². The molecule has 1 unspecified atom stereocenters. The van der Waals surface area contributed by atoms with Crippen LogP contribution in [0.4, 0.5) is 11.5 Å². The number of nitro benzene ring substituents is 1. The summed E-state index contributed by atoms with van der Waals surface area (Å²) in [6.45, 7) is 2.59. The molecule has 0 bridgehead atoms. The van der Waals surface area contributed by atoms with E-state index < -0.39 is 16.7 Å². The van der Waals surface area contributed by atoms with Gasteiger partial charge >= 0.3 is 0 Å². The molecule has 1 aromatic heterocycles. The molecule has 1 N–H and O–H groups in total. The maximum absolute atomic E-state index is 13.0. The van der Waals surface area contributed by atoms with Crippen molar-refractivity contribution < 1.29 is 14.5 Å². The Morgan fingerprint density at radius 2 is 2.10 bits per heavy atom. The first-order valence-corrected chi connectivity index (χ1v) is 10.5. The lowest BCUT2D eigenvalue weighted by Crippen LogP contribution is -2.44. The molecule has 0 saturated carbocycles. The number of pyridine rings is 1. The lowest BCUT2D eigenvalue weighted by molar-refractivity contribution is -0.385. The number of thioether (sulfide) groups is 1. The van der Waals surface area contributed by atoms with Crippen molar-refractivity contribution in [2.24, 2.45) is 5.92 Å². The van der Waals surface area contributed by atoms with Gasteiger partial charge in [-0.3, -0.25) is 19.7 Å². The van der Waals surface area contributed by atoms with Gasteiger partial charge in [-0.1, -0.05) is 6.07 Å². The SMILES string of the molecule is CSc1ccc([N+](=O)[O-])c(C(=O)N2CCCC(C(=O)Nc3ccc(C)cn3)C2)c1. The summed E-state index contributed by atoms with van der Waals surface area (Å²) in [4.78, 5) is 43.0. The highest BCUT2D eigenvalue weighted by Crippen LogP contribution is 2.28. The minimum atomic E-state index is -0.547. The number of aromatic nitrogens is 1. The highest BCUT2D eigenvalue weighted by atomic mass is 32.2. The molecule has 0 radical (unpaired) electrons. The van der Waals surface area contributed by atoms with Crippen molar-refractivity contribution in [3.63, 3.8) is 0 Å². The lowest BCUT2D eigenvalue weighted by atomic mass is 9.96. The van der Waals surface area contributed by atoms with Gasteiger partial charge in [-0.25, -0.2) is 4.98 Å². The fourth-order valence-corrected chi connectivity index (χ4v) is 3.73. The molecule has 1 aromatic carbocycles. The summed E-state index contributed by atoms with van der Waals surface area (Å²) in [5, 5.41) is 14.2. The maximum Gasteiger partial charge on any atom is 0.282 e. The molecule has 152 valence electrons. The van der Waals surface area contributed by atoms with E-state index in [0.29, 0.717) is 25.2 Å². The molecule has 0 spiro atoms. The van der Waals surface area contributed by atoms with E-state index in [1.165, 1.54) is 22.7 Å². The van der Waals surface area contributed by atoms with Gasteiger partial charge in [-0.15, -0.1) is 11.8 Å². The van der Waals surface area contributed by atoms with Crippen LogP contribution in [0.2, 0.25) is 0 Å². The maximum atomic E-state index is 13.0. The van der Waals surface area contributed by atoms with E-state index in [0.717, 1.165) is 10.5 Å². The summed E-state index contributed by atoms with van der Waals surface area (Å²) >= 11 is 1.41. The summed E-state index contributed by atoms with van der Waals surface area (Å²) in [7, 11) is 0. The number of amides is 2. The number of piperidine rings is 1. The van der Waals surface area contributed by atoms with E-state index in [2.05, 4.69) is 10.3 Å².